The number of benzene rings is 3. The van der Waals surface area contributed by atoms with Crippen LogP contribution in [0.4, 0.5) is 5.69 Å². The summed E-state index contributed by atoms with van der Waals surface area (Å²) < 4.78 is 7.60. The number of aromatic nitrogens is 1. The van der Waals surface area contributed by atoms with Crippen LogP contribution >= 0.6 is 0 Å². The number of anilines is 1. The summed E-state index contributed by atoms with van der Waals surface area (Å²) in [7, 11) is 0. The highest BCUT2D eigenvalue weighted by Crippen LogP contribution is 2.22. The van der Waals surface area contributed by atoms with Gasteiger partial charge < -0.3 is 19.5 Å². The molecule has 0 bridgehead atoms. The molecule has 1 aromatic heterocycles. The third kappa shape index (κ3) is 4.42. The van der Waals surface area contributed by atoms with Crippen molar-refractivity contribution in [1.82, 2.24) is 9.47 Å². The van der Waals surface area contributed by atoms with Crippen molar-refractivity contribution in [3.63, 3.8) is 0 Å². The van der Waals surface area contributed by atoms with Crippen molar-refractivity contribution in [2.45, 2.75) is 32.6 Å². The van der Waals surface area contributed by atoms with Crippen LogP contribution < -0.4 is 10.7 Å². The summed E-state index contributed by atoms with van der Waals surface area (Å²) in [4.78, 5) is 41.3. The van der Waals surface area contributed by atoms with Gasteiger partial charge in [0.2, 0.25) is 5.91 Å². The van der Waals surface area contributed by atoms with Gasteiger partial charge in [0.1, 0.15) is 6.54 Å². The fourth-order valence-electron chi connectivity index (χ4n) is 4.87. The lowest BCUT2D eigenvalue weighted by atomic mass is 10.1. The van der Waals surface area contributed by atoms with Gasteiger partial charge in [-0.2, -0.15) is 0 Å². The Morgan fingerprint density at radius 1 is 0.857 bits per heavy atom. The molecule has 2 heterocycles. The predicted octanol–water partition coefficient (Wildman–Crippen LogP) is 4.04. The SMILES string of the molecule is C[C@@H]1CN(C(=O)c2ccccc2NC(=O)Cn2c3ccccc3c(=O)c3ccccc32)C[C@H](C)O1. The van der Waals surface area contributed by atoms with Crippen molar-refractivity contribution in [3.05, 3.63) is 88.6 Å². The van der Waals surface area contributed by atoms with Gasteiger partial charge in [-0.25, -0.2) is 0 Å². The number of hydrogen-bond acceptors (Lipinski definition) is 4. The van der Waals surface area contributed by atoms with Gasteiger partial charge in [0.05, 0.1) is 34.5 Å². The Balaban J connectivity index is 1.46. The fourth-order valence-corrected chi connectivity index (χ4v) is 4.87. The molecule has 35 heavy (non-hydrogen) atoms. The second-order valence-corrected chi connectivity index (χ2v) is 9.01. The number of para-hydroxylation sites is 3. The average Bonchev–Trinajstić information content (AvgIpc) is 2.86. The van der Waals surface area contributed by atoms with Gasteiger partial charge in [-0.3, -0.25) is 14.4 Å². The van der Waals surface area contributed by atoms with Crippen LogP contribution in [0.1, 0.15) is 24.2 Å². The first-order chi connectivity index (χ1) is 16.9. The smallest absolute Gasteiger partial charge is 0.256 e. The van der Waals surface area contributed by atoms with Crippen LogP contribution in [0.15, 0.2) is 77.6 Å². The van der Waals surface area contributed by atoms with Gasteiger partial charge in [-0.05, 0) is 50.2 Å². The van der Waals surface area contributed by atoms with E-state index in [-0.39, 0.29) is 36.0 Å². The van der Waals surface area contributed by atoms with Gasteiger partial charge in [0, 0.05) is 23.9 Å². The normalized spacial score (nSPS) is 18.1. The lowest BCUT2D eigenvalue weighted by Crippen LogP contribution is -2.48. The zero-order valence-electron chi connectivity index (χ0n) is 19.7. The van der Waals surface area contributed by atoms with Crippen molar-refractivity contribution >= 4 is 39.3 Å². The Labute approximate surface area is 202 Å². The summed E-state index contributed by atoms with van der Waals surface area (Å²) in [6.45, 7) is 4.89. The Kier molecular flexibility index (Phi) is 6.09. The van der Waals surface area contributed by atoms with E-state index < -0.39 is 0 Å². The van der Waals surface area contributed by atoms with Gasteiger partial charge >= 0.3 is 0 Å². The van der Waals surface area contributed by atoms with E-state index in [1.54, 1.807) is 41.3 Å². The van der Waals surface area contributed by atoms with Crippen LogP contribution in [-0.2, 0) is 16.1 Å². The van der Waals surface area contributed by atoms with Crippen molar-refractivity contribution in [3.8, 4) is 0 Å². The highest BCUT2D eigenvalue weighted by atomic mass is 16.5. The first kappa shape index (κ1) is 22.8. The van der Waals surface area contributed by atoms with Gasteiger partial charge in [-0.1, -0.05) is 36.4 Å². The molecule has 4 aromatic rings. The number of pyridine rings is 1. The van der Waals surface area contributed by atoms with Gasteiger partial charge in [0.15, 0.2) is 5.43 Å². The molecule has 0 radical (unpaired) electrons. The molecule has 0 saturated carbocycles. The molecule has 1 N–H and O–H groups in total. The molecule has 1 fully saturated rings. The monoisotopic (exact) mass is 469 g/mol. The largest absolute Gasteiger partial charge is 0.372 e. The quantitative estimate of drug-likeness (QED) is 0.458. The lowest BCUT2D eigenvalue weighted by Gasteiger charge is -2.35. The maximum atomic E-state index is 13.3. The molecular formula is C28H27N3O4. The average molecular weight is 470 g/mol. The van der Waals surface area contributed by atoms with Gasteiger partial charge in [-0.15, -0.1) is 0 Å². The third-order valence-corrected chi connectivity index (χ3v) is 6.32. The number of morpholine rings is 1. The Bertz CT molecular complexity index is 1420. The van der Waals surface area contributed by atoms with Crippen LogP contribution in [0.2, 0.25) is 0 Å². The minimum Gasteiger partial charge on any atom is -0.372 e. The maximum Gasteiger partial charge on any atom is 0.256 e. The van der Waals surface area contributed by atoms with Crippen LogP contribution in [-0.4, -0.2) is 46.6 Å². The van der Waals surface area contributed by atoms with Crippen LogP contribution in [0.5, 0.6) is 0 Å². The standard InChI is InChI=1S/C28H27N3O4/c1-18-15-30(16-19(2)35-18)28(34)20-9-3-6-12-23(20)29-26(32)17-31-24-13-7-4-10-21(24)27(33)22-11-5-8-14-25(22)31/h3-14,18-19H,15-17H2,1-2H3,(H,29,32)/t18-,19+. The summed E-state index contributed by atoms with van der Waals surface area (Å²) in [5.74, 6) is -0.421. The molecule has 0 spiro atoms. The fraction of sp³-hybridized carbons (Fsp3) is 0.250. The van der Waals surface area contributed by atoms with E-state index >= 15 is 0 Å². The predicted molar refractivity (Wildman–Crippen MR) is 137 cm³/mol. The van der Waals surface area contributed by atoms with E-state index in [0.717, 1.165) is 0 Å². The van der Waals surface area contributed by atoms with E-state index in [4.69, 9.17) is 4.74 Å². The Morgan fingerprint density at radius 2 is 1.40 bits per heavy atom. The number of ether oxygens (including phenoxy) is 1. The van der Waals surface area contributed by atoms with E-state index in [1.807, 2.05) is 54.8 Å². The second kappa shape index (κ2) is 9.35. The zero-order valence-corrected chi connectivity index (χ0v) is 19.7. The number of rotatable bonds is 4. The number of hydrogen-bond donors (Lipinski definition) is 1. The Hall–Kier alpha value is -3.97. The van der Waals surface area contributed by atoms with Gasteiger partial charge in [0.25, 0.3) is 5.91 Å². The summed E-state index contributed by atoms with van der Waals surface area (Å²) in [6, 6.07) is 21.6. The summed E-state index contributed by atoms with van der Waals surface area (Å²) in [6.07, 6.45) is -0.0993. The molecule has 178 valence electrons. The van der Waals surface area contributed by atoms with E-state index in [1.165, 1.54) is 0 Å². The third-order valence-electron chi connectivity index (χ3n) is 6.32. The number of amides is 2. The van der Waals surface area contributed by atoms with Crippen molar-refractivity contribution in [2.75, 3.05) is 18.4 Å². The van der Waals surface area contributed by atoms with Crippen molar-refractivity contribution in [2.24, 2.45) is 0 Å². The number of nitrogens with one attached hydrogen (secondary N) is 1. The second-order valence-electron chi connectivity index (χ2n) is 9.01. The molecule has 7 heteroatoms. The molecule has 1 aliphatic heterocycles. The maximum absolute atomic E-state index is 13.3. The molecule has 0 aliphatic carbocycles. The van der Waals surface area contributed by atoms with E-state index in [2.05, 4.69) is 5.32 Å². The van der Waals surface area contributed by atoms with Crippen LogP contribution in [0, 0.1) is 0 Å². The molecule has 2 amide bonds. The van der Waals surface area contributed by atoms with Crippen LogP contribution in [0.25, 0.3) is 21.8 Å². The molecule has 1 saturated heterocycles. The molecule has 5 rings (SSSR count). The molecule has 0 unspecified atom stereocenters. The van der Waals surface area contributed by atoms with Crippen LogP contribution in [0.3, 0.4) is 0 Å². The summed E-state index contributed by atoms with van der Waals surface area (Å²) >= 11 is 0. The highest BCUT2D eigenvalue weighted by molar-refractivity contribution is 6.04. The molecule has 1 aliphatic rings. The minimum atomic E-state index is -0.284. The first-order valence-corrected chi connectivity index (χ1v) is 11.8. The number of nitrogens with zero attached hydrogens (tertiary/aromatic N) is 2. The zero-order chi connectivity index (χ0) is 24.5. The number of fused-ring (bicyclic) bond motifs is 2. The highest BCUT2D eigenvalue weighted by Gasteiger charge is 2.28. The molecule has 2 atom stereocenters. The minimum absolute atomic E-state index is 0.00451. The van der Waals surface area contributed by atoms with Crippen molar-refractivity contribution < 1.29 is 14.3 Å². The van der Waals surface area contributed by atoms with E-state index in [0.29, 0.717) is 46.1 Å². The van der Waals surface area contributed by atoms with E-state index in [9.17, 15) is 14.4 Å². The topological polar surface area (TPSA) is 80.6 Å². The molecular weight excluding hydrogens is 442 g/mol. The first-order valence-electron chi connectivity index (χ1n) is 11.8. The summed E-state index contributed by atoms with van der Waals surface area (Å²) in [5, 5.41) is 4.05. The molecule has 3 aromatic carbocycles. The number of carbonyl (C=O) groups excluding carboxylic acids is 2. The molecule has 7 nitrogen and oxygen atoms in total. The summed E-state index contributed by atoms with van der Waals surface area (Å²) in [5.41, 5.74) is 2.22. The Morgan fingerprint density at radius 3 is 2.03 bits per heavy atom. The lowest BCUT2D eigenvalue weighted by molar-refractivity contribution is -0.116. The van der Waals surface area contributed by atoms with Crippen molar-refractivity contribution in [1.29, 1.82) is 0 Å². The number of carbonyl (C=O) groups is 2.